The fourth-order valence-electron chi connectivity index (χ4n) is 3.48. The molecule has 2 N–H and O–H groups in total. The van der Waals surface area contributed by atoms with E-state index in [1.165, 1.54) is 12.1 Å². The van der Waals surface area contributed by atoms with Gasteiger partial charge in [-0.15, -0.1) is 0 Å². The summed E-state index contributed by atoms with van der Waals surface area (Å²) in [5.74, 6) is 2.29. The third-order valence-electron chi connectivity index (χ3n) is 5.07. The van der Waals surface area contributed by atoms with Crippen molar-refractivity contribution >= 4 is 21.4 Å². The summed E-state index contributed by atoms with van der Waals surface area (Å²) in [5.41, 5.74) is 1.77. The Kier molecular flexibility index (Phi) is 6.38. The van der Waals surface area contributed by atoms with Crippen LogP contribution in [0.3, 0.4) is 0 Å². The third-order valence-corrected chi connectivity index (χ3v) is 6.20. The molecule has 0 aromatic heterocycles. The van der Waals surface area contributed by atoms with E-state index in [1.807, 2.05) is 12.1 Å². The average Bonchev–Trinajstić information content (AvgIpc) is 3.45. The van der Waals surface area contributed by atoms with E-state index in [-0.39, 0.29) is 23.6 Å². The number of nitrogens with zero attached hydrogens (tertiary/aromatic N) is 1. The van der Waals surface area contributed by atoms with E-state index in [2.05, 4.69) is 16.4 Å². The molecule has 0 saturated heterocycles. The molecule has 2 aromatic carbocycles. The van der Waals surface area contributed by atoms with Crippen LogP contribution in [-0.2, 0) is 14.6 Å². The van der Waals surface area contributed by atoms with Crippen LogP contribution in [0.2, 0.25) is 0 Å². The minimum absolute atomic E-state index is 0.00125. The van der Waals surface area contributed by atoms with Gasteiger partial charge in [-0.3, -0.25) is 4.99 Å². The number of aliphatic hydroxyl groups is 1. The fourth-order valence-corrected chi connectivity index (χ4v) is 4.11. The number of ether oxygens (including phenoxy) is 3. The number of rotatable bonds is 8. The van der Waals surface area contributed by atoms with E-state index in [1.54, 1.807) is 25.1 Å². The van der Waals surface area contributed by atoms with Crippen molar-refractivity contribution in [3.63, 3.8) is 0 Å². The first-order valence-electron chi connectivity index (χ1n) is 10.4. The second-order valence-corrected chi connectivity index (χ2v) is 9.78. The van der Waals surface area contributed by atoms with Crippen molar-refractivity contribution < 1.29 is 27.7 Å². The van der Waals surface area contributed by atoms with Crippen LogP contribution in [0.1, 0.15) is 18.9 Å². The molecule has 4 rings (SSSR count). The molecule has 170 valence electrons. The van der Waals surface area contributed by atoms with Crippen LogP contribution < -0.4 is 14.8 Å². The highest BCUT2D eigenvalue weighted by atomic mass is 32.2. The quantitative estimate of drug-likeness (QED) is 0.626. The van der Waals surface area contributed by atoms with Gasteiger partial charge in [0.05, 0.1) is 18.0 Å². The summed E-state index contributed by atoms with van der Waals surface area (Å²) in [6.07, 6.45) is 3.62. The lowest BCUT2D eigenvalue weighted by Gasteiger charge is -2.17. The summed E-state index contributed by atoms with van der Waals surface area (Å²) in [5, 5.41) is 12.8. The fraction of sp³-hybridized carbons (Fsp3) is 0.348. The molecule has 0 bridgehead atoms. The van der Waals surface area contributed by atoms with Crippen LogP contribution in [0.15, 0.2) is 58.4 Å². The van der Waals surface area contributed by atoms with Crippen molar-refractivity contribution in [2.45, 2.75) is 30.4 Å². The van der Waals surface area contributed by atoms with E-state index in [4.69, 9.17) is 14.2 Å². The van der Waals surface area contributed by atoms with Gasteiger partial charge >= 0.3 is 0 Å². The zero-order valence-electron chi connectivity index (χ0n) is 17.9. The standard InChI is InChI=1S/C23H26N2O6S/c1-15(14-26)30-18-11-16(21-7-8-22(25-21)23-24-9-10-29-23)12-19(13-18)31-17-3-5-20(6-4-17)32(2,27)28/h3-7,11-13,15,22,25-26H,8-10,14H2,1-2H3/t15-,22?/m0/s1. The van der Waals surface area contributed by atoms with E-state index in [9.17, 15) is 13.5 Å². The molecule has 0 fully saturated rings. The molecule has 2 atom stereocenters. The molecule has 2 aliphatic heterocycles. The van der Waals surface area contributed by atoms with Crippen LogP contribution in [0.5, 0.6) is 17.2 Å². The van der Waals surface area contributed by atoms with Gasteiger partial charge in [-0.05, 0) is 49.7 Å². The molecule has 2 heterocycles. The topological polar surface area (TPSA) is 106 Å². The zero-order chi connectivity index (χ0) is 22.7. The lowest BCUT2D eigenvalue weighted by atomic mass is 10.1. The zero-order valence-corrected chi connectivity index (χ0v) is 18.8. The first-order chi connectivity index (χ1) is 15.3. The molecule has 0 radical (unpaired) electrons. The van der Waals surface area contributed by atoms with Gasteiger partial charge in [0.1, 0.15) is 36.0 Å². The Balaban J connectivity index is 1.58. The Morgan fingerprint density at radius 3 is 2.59 bits per heavy atom. The van der Waals surface area contributed by atoms with Gasteiger partial charge in [-0.2, -0.15) is 0 Å². The van der Waals surface area contributed by atoms with Crippen molar-refractivity contribution in [1.82, 2.24) is 5.32 Å². The largest absolute Gasteiger partial charge is 0.488 e. The van der Waals surface area contributed by atoms with Crippen LogP contribution >= 0.6 is 0 Å². The monoisotopic (exact) mass is 458 g/mol. The second-order valence-electron chi connectivity index (χ2n) is 7.77. The van der Waals surface area contributed by atoms with Crippen LogP contribution in [0, 0.1) is 0 Å². The molecule has 9 heteroatoms. The van der Waals surface area contributed by atoms with E-state index in [0.29, 0.717) is 30.4 Å². The Hall–Kier alpha value is -3.04. The van der Waals surface area contributed by atoms with Gasteiger partial charge in [0.15, 0.2) is 9.84 Å². The first-order valence-corrected chi connectivity index (χ1v) is 12.3. The summed E-state index contributed by atoms with van der Waals surface area (Å²) >= 11 is 0. The van der Waals surface area contributed by atoms with Crippen LogP contribution in [0.25, 0.3) is 5.70 Å². The van der Waals surface area contributed by atoms with Crippen molar-refractivity contribution in [3.05, 3.63) is 54.1 Å². The highest BCUT2D eigenvalue weighted by molar-refractivity contribution is 7.90. The number of nitrogens with one attached hydrogen (secondary N) is 1. The Bertz CT molecular complexity index is 1140. The molecule has 2 aromatic rings. The van der Waals surface area contributed by atoms with Gasteiger partial charge in [0.2, 0.25) is 5.90 Å². The molecule has 0 spiro atoms. The second kappa shape index (κ2) is 9.22. The molecule has 32 heavy (non-hydrogen) atoms. The summed E-state index contributed by atoms with van der Waals surface area (Å²) < 4.78 is 40.8. The number of benzene rings is 2. The predicted octanol–water partition coefficient (Wildman–Crippen LogP) is 2.77. The lowest BCUT2D eigenvalue weighted by molar-refractivity contribution is 0.129. The average molecular weight is 459 g/mol. The van der Waals surface area contributed by atoms with Crippen LogP contribution in [0.4, 0.5) is 0 Å². The summed E-state index contributed by atoms with van der Waals surface area (Å²) in [4.78, 5) is 4.61. The molecular weight excluding hydrogens is 432 g/mol. The highest BCUT2D eigenvalue weighted by Gasteiger charge is 2.26. The molecule has 2 aliphatic rings. The molecular formula is C23H26N2O6S. The van der Waals surface area contributed by atoms with E-state index >= 15 is 0 Å². The molecule has 0 saturated carbocycles. The smallest absolute Gasteiger partial charge is 0.206 e. The maximum Gasteiger partial charge on any atom is 0.206 e. The normalized spacial score (nSPS) is 18.9. The van der Waals surface area contributed by atoms with Gasteiger partial charge in [0.25, 0.3) is 0 Å². The highest BCUT2D eigenvalue weighted by Crippen LogP contribution is 2.32. The van der Waals surface area contributed by atoms with Crippen LogP contribution in [-0.4, -0.2) is 57.6 Å². The summed E-state index contributed by atoms with van der Waals surface area (Å²) in [7, 11) is -3.28. The maximum atomic E-state index is 11.7. The van der Waals surface area contributed by atoms with Gasteiger partial charge in [-0.25, -0.2) is 8.42 Å². The van der Waals surface area contributed by atoms with Crippen molar-refractivity contribution in [2.75, 3.05) is 26.0 Å². The summed E-state index contributed by atoms with van der Waals surface area (Å²) in [6.45, 7) is 2.95. The number of aliphatic hydroxyl groups excluding tert-OH is 1. The van der Waals surface area contributed by atoms with E-state index in [0.717, 1.165) is 29.8 Å². The minimum Gasteiger partial charge on any atom is -0.488 e. The lowest BCUT2D eigenvalue weighted by Crippen LogP contribution is -2.31. The molecule has 1 unspecified atom stereocenters. The predicted molar refractivity (Wildman–Crippen MR) is 121 cm³/mol. The van der Waals surface area contributed by atoms with Crippen molar-refractivity contribution in [3.8, 4) is 17.2 Å². The number of hydrogen-bond acceptors (Lipinski definition) is 8. The third kappa shape index (κ3) is 5.23. The van der Waals surface area contributed by atoms with Crippen molar-refractivity contribution in [2.24, 2.45) is 4.99 Å². The molecule has 0 aliphatic carbocycles. The number of aliphatic imine (C=N–C) groups is 1. The van der Waals surface area contributed by atoms with Gasteiger partial charge < -0.3 is 24.6 Å². The SMILES string of the molecule is C[C@@H](CO)Oc1cc(Oc2ccc(S(C)(=O)=O)cc2)cc(C2=CCC(C3=NCCO3)N2)c1. The number of sulfone groups is 1. The summed E-state index contributed by atoms with van der Waals surface area (Å²) in [6, 6.07) is 11.7. The van der Waals surface area contributed by atoms with Crippen molar-refractivity contribution in [1.29, 1.82) is 0 Å². The van der Waals surface area contributed by atoms with Gasteiger partial charge in [0, 0.05) is 23.6 Å². The number of hydrogen-bond donors (Lipinski definition) is 2. The molecule has 8 nitrogen and oxygen atoms in total. The maximum absolute atomic E-state index is 11.7. The Labute approximate surface area is 187 Å². The van der Waals surface area contributed by atoms with E-state index < -0.39 is 9.84 Å². The van der Waals surface area contributed by atoms with Gasteiger partial charge in [-0.1, -0.05) is 6.08 Å². The Morgan fingerprint density at radius 2 is 1.94 bits per heavy atom. The minimum atomic E-state index is -3.28. The first kappa shape index (κ1) is 22.2. The Morgan fingerprint density at radius 1 is 1.19 bits per heavy atom. The molecule has 0 amide bonds.